The van der Waals surface area contributed by atoms with Crippen LogP contribution in [0, 0.1) is 0 Å². The molecule has 0 aliphatic carbocycles. The lowest BCUT2D eigenvalue weighted by Gasteiger charge is -2.10. The molecule has 1 aliphatic heterocycles. The lowest BCUT2D eigenvalue weighted by atomic mass is 10.1. The van der Waals surface area contributed by atoms with E-state index in [1.807, 2.05) is 0 Å². The Balaban J connectivity index is 1.85. The van der Waals surface area contributed by atoms with Gasteiger partial charge in [-0.15, -0.1) is 0 Å². The number of hydrogen-bond acceptors (Lipinski definition) is 3. The van der Waals surface area contributed by atoms with Crippen LogP contribution in [0.2, 0.25) is 0 Å². The molecular formula is C11H16BrN3O. The second kappa shape index (κ2) is 5.59. The summed E-state index contributed by atoms with van der Waals surface area (Å²) < 4.78 is 2.20. The standard InChI is InChI=1S/C11H16BrN3O/c12-10-7-13-8-15(11(10)16)6-2-4-9-3-1-5-14-9/h7-9,14H,1-6H2. The number of halogens is 1. The Hall–Kier alpha value is -0.680. The van der Waals surface area contributed by atoms with Gasteiger partial charge in [-0.3, -0.25) is 9.36 Å². The number of nitrogens with one attached hydrogen (secondary N) is 1. The molecule has 1 aromatic rings. The molecule has 88 valence electrons. The van der Waals surface area contributed by atoms with E-state index in [1.54, 1.807) is 10.9 Å². The second-order valence-corrected chi connectivity index (χ2v) is 5.03. The van der Waals surface area contributed by atoms with Crippen LogP contribution < -0.4 is 10.9 Å². The first-order valence-corrected chi connectivity index (χ1v) is 6.50. The summed E-state index contributed by atoms with van der Waals surface area (Å²) in [4.78, 5) is 15.7. The van der Waals surface area contributed by atoms with Crippen molar-refractivity contribution in [2.75, 3.05) is 6.54 Å². The van der Waals surface area contributed by atoms with Crippen molar-refractivity contribution in [3.05, 3.63) is 27.4 Å². The number of rotatable bonds is 4. The van der Waals surface area contributed by atoms with E-state index in [1.165, 1.54) is 19.0 Å². The molecule has 1 fully saturated rings. The summed E-state index contributed by atoms with van der Waals surface area (Å²) in [5, 5.41) is 3.46. The number of aryl methyl sites for hydroxylation is 1. The molecule has 2 rings (SSSR count). The third-order valence-electron chi connectivity index (χ3n) is 2.97. The Morgan fingerprint density at radius 1 is 1.62 bits per heavy atom. The minimum absolute atomic E-state index is 0.00869. The highest BCUT2D eigenvalue weighted by Gasteiger charge is 2.13. The molecule has 0 spiro atoms. The first-order chi connectivity index (χ1) is 7.77. The van der Waals surface area contributed by atoms with Crippen molar-refractivity contribution in [1.82, 2.24) is 14.9 Å². The van der Waals surface area contributed by atoms with Crippen LogP contribution >= 0.6 is 15.9 Å². The molecule has 16 heavy (non-hydrogen) atoms. The molecule has 1 N–H and O–H groups in total. The quantitative estimate of drug-likeness (QED) is 0.913. The molecule has 0 radical (unpaired) electrons. The van der Waals surface area contributed by atoms with Gasteiger partial charge in [0.2, 0.25) is 0 Å². The zero-order chi connectivity index (χ0) is 11.4. The van der Waals surface area contributed by atoms with Gasteiger partial charge in [0.25, 0.3) is 5.56 Å². The number of hydrogen-bond donors (Lipinski definition) is 1. The van der Waals surface area contributed by atoms with Gasteiger partial charge in [-0.05, 0) is 48.2 Å². The van der Waals surface area contributed by atoms with Crippen molar-refractivity contribution in [3.8, 4) is 0 Å². The van der Waals surface area contributed by atoms with Crippen LogP contribution in [0.25, 0.3) is 0 Å². The van der Waals surface area contributed by atoms with E-state index in [9.17, 15) is 4.79 Å². The van der Waals surface area contributed by atoms with Crippen molar-refractivity contribution in [2.45, 2.75) is 38.3 Å². The van der Waals surface area contributed by atoms with Gasteiger partial charge in [0, 0.05) is 18.8 Å². The van der Waals surface area contributed by atoms with E-state index in [-0.39, 0.29) is 5.56 Å². The molecule has 4 nitrogen and oxygen atoms in total. The molecule has 1 aliphatic rings. The third kappa shape index (κ3) is 2.92. The minimum Gasteiger partial charge on any atom is -0.314 e. The summed E-state index contributed by atoms with van der Waals surface area (Å²) in [6.45, 7) is 1.90. The summed E-state index contributed by atoms with van der Waals surface area (Å²) in [7, 11) is 0. The van der Waals surface area contributed by atoms with Gasteiger partial charge in [0.15, 0.2) is 0 Å². The van der Waals surface area contributed by atoms with Gasteiger partial charge in [0.1, 0.15) is 4.47 Å². The molecule has 0 amide bonds. The fraction of sp³-hybridized carbons (Fsp3) is 0.636. The molecule has 2 heterocycles. The third-order valence-corrected chi connectivity index (χ3v) is 3.52. The summed E-state index contributed by atoms with van der Waals surface area (Å²) >= 11 is 3.20. The minimum atomic E-state index is 0.00869. The summed E-state index contributed by atoms with van der Waals surface area (Å²) in [5.41, 5.74) is 0.00869. The molecule has 5 heteroatoms. The summed E-state index contributed by atoms with van der Waals surface area (Å²) in [5.74, 6) is 0. The maximum Gasteiger partial charge on any atom is 0.267 e. The molecular weight excluding hydrogens is 270 g/mol. The van der Waals surface area contributed by atoms with E-state index in [4.69, 9.17) is 0 Å². The molecule has 0 saturated carbocycles. The van der Waals surface area contributed by atoms with Crippen molar-refractivity contribution >= 4 is 15.9 Å². The highest BCUT2D eigenvalue weighted by Crippen LogP contribution is 2.11. The molecule has 1 aromatic heterocycles. The zero-order valence-electron chi connectivity index (χ0n) is 9.16. The average Bonchev–Trinajstić information content (AvgIpc) is 2.77. The van der Waals surface area contributed by atoms with E-state index < -0.39 is 0 Å². The summed E-state index contributed by atoms with van der Waals surface area (Å²) in [6.07, 6.45) is 7.86. The van der Waals surface area contributed by atoms with Crippen molar-refractivity contribution in [3.63, 3.8) is 0 Å². The van der Waals surface area contributed by atoms with Gasteiger partial charge in [0.05, 0.1) is 6.33 Å². The van der Waals surface area contributed by atoms with Crippen LogP contribution in [0.15, 0.2) is 21.8 Å². The lowest BCUT2D eigenvalue weighted by molar-refractivity contribution is 0.494. The Morgan fingerprint density at radius 3 is 3.25 bits per heavy atom. The van der Waals surface area contributed by atoms with Crippen LogP contribution in [0.5, 0.6) is 0 Å². The summed E-state index contributed by atoms with van der Waals surface area (Å²) in [6, 6.07) is 0.649. The van der Waals surface area contributed by atoms with E-state index >= 15 is 0 Å². The van der Waals surface area contributed by atoms with Crippen LogP contribution in [0.1, 0.15) is 25.7 Å². The van der Waals surface area contributed by atoms with Crippen LogP contribution in [0.4, 0.5) is 0 Å². The topological polar surface area (TPSA) is 46.9 Å². The lowest BCUT2D eigenvalue weighted by Crippen LogP contribution is -2.24. The predicted octanol–water partition coefficient (Wildman–Crippen LogP) is 1.54. The number of aromatic nitrogens is 2. The predicted molar refractivity (Wildman–Crippen MR) is 66.5 cm³/mol. The van der Waals surface area contributed by atoms with E-state index in [2.05, 4.69) is 26.2 Å². The van der Waals surface area contributed by atoms with Crippen LogP contribution in [-0.2, 0) is 6.54 Å². The first kappa shape index (κ1) is 11.8. The van der Waals surface area contributed by atoms with E-state index in [0.29, 0.717) is 10.5 Å². The Morgan fingerprint density at radius 2 is 2.50 bits per heavy atom. The van der Waals surface area contributed by atoms with Crippen molar-refractivity contribution in [2.24, 2.45) is 0 Å². The first-order valence-electron chi connectivity index (χ1n) is 5.70. The Bertz CT molecular complexity index is 398. The zero-order valence-corrected chi connectivity index (χ0v) is 10.7. The largest absolute Gasteiger partial charge is 0.314 e. The highest BCUT2D eigenvalue weighted by molar-refractivity contribution is 9.10. The Kier molecular flexibility index (Phi) is 4.12. The molecule has 1 atom stereocenters. The Labute approximate surface area is 103 Å². The second-order valence-electron chi connectivity index (χ2n) is 4.18. The molecule has 1 saturated heterocycles. The van der Waals surface area contributed by atoms with Gasteiger partial charge >= 0.3 is 0 Å². The maximum absolute atomic E-state index is 11.7. The molecule has 1 unspecified atom stereocenters. The van der Waals surface area contributed by atoms with Gasteiger partial charge in [-0.1, -0.05) is 0 Å². The smallest absolute Gasteiger partial charge is 0.267 e. The van der Waals surface area contributed by atoms with Crippen LogP contribution in [-0.4, -0.2) is 22.1 Å². The van der Waals surface area contributed by atoms with Gasteiger partial charge in [-0.25, -0.2) is 4.98 Å². The van der Waals surface area contributed by atoms with Crippen molar-refractivity contribution in [1.29, 1.82) is 0 Å². The molecule has 0 bridgehead atoms. The SMILES string of the molecule is O=c1c(Br)cncn1CCCC1CCCN1. The monoisotopic (exact) mass is 285 g/mol. The maximum atomic E-state index is 11.7. The van der Waals surface area contributed by atoms with E-state index in [0.717, 1.165) is 25.9 Å². The normalized spacial score (nSPS) is 20.2. The highest BCUT2D eigenvalue weighted by atomic mass is 79.9. The average molecular weight is 286 g/mol. The fourth-order valence-corrected chi connectivity index (χ4v) is 2.44. The molecule has 0 aromatic carbocycles. The van der Waals surface area contributed by atoms with Crippen LogP contribution in [0.3, 0.4) is 0 Å². The number of nitrogens with zero attached hydrogens (tertiary/aromatic N) is 2. The van der Waals surface area contributed by atoms with Gasteiger partial charge in [-0.2, -0.15) is 0 Å². The van der Waals surface area contributed by atoms with Gasteiger partial charge < -0.3 is 5.32 Å². The fourth-order valence-electron chi connectivity index (χ4n) is 2.09. The van der Waals surface area contributed by atoms with Crippen molar-refractivity contribution < 1.29 is 0 Å².